The Bertz CT molecular complexity index is 1990. The highest BCUT2D eigenvalue weighted by molar-refractivity contribution is 7.20. The van der Waals surface area contributed by atoms with E-state index in [1.165, 1.54) is 12.0 Å². The van der Waals surface area contributed by atoms with Gasteiger partial charge in [0.25, 0.3) is 0 Å². The fourth-order valence-corrected chi connectivity index (χ4v) is 8.44. The molecule has 1 aliphatic carbocycles. The molecule has 2 aliphatic rings. The Labute approximate surface area is 243 Å². The first-order valence-corrected chi connectivity index (χ1v) is 15.5. The first-order chi connectivity index (χ1) is 19.9. The summed E-state index contributed by atoms with van der Waals surface area (Å²) in [5.74, 6) is 2.61. The SMILES string of the molecule is C[C@H]1CC[C@H]2[C@H](C1)c1c(c3ccccc3c3nc4ccc(CC(=O)c5cc6ccccc6s5)cc4nc13)OC2(C)C. The molecule has 0 unspecified atom stereocenters. The molecule has 5 heteroatoms. The minimum atomic E-state index is -0.237. The van der Waals surface area contributed by atoms with Crippen molar-refractivity contribution in [2.45, 2.75) is 58.0 Å². The Morgan fingerprint density at radius 2 is 1.71 bits per heavy atom. The molecule has 204 valence electrons. The van der Waals surface area contributed by atoms with Crippen LogP contribution in [0.15, 0.2) is 72.8 Å². The monoisotopic (exact) mass is 556 g/mol. The van der Waals surface area contributed by atoms with E-state index in [1.807, 2.05) is 30.3 Å². The van der Waals surface area contributed by atoms with Gasteiger partial charge in [0.05, 0.1) is 26.9 Å². The van der Waals surface area contributed by atoms with Gasteiger partial charge >= 0.3 is 0 Å². The standard InChI is InChI=1S/C36H32N2O2S/c1-20-12-14-26-25(16-20)32-34-33(23-9-5-6-10-24(23)35(32)40-36(26,2)3)37-27-15-13-21(17-28(27)38-34)18-29(39)31-19-22-8-4-7-11-30(22)41-31/h4-11,13,15,17,19-20,25-26H,12,14,16,18H2,1-3H3/t20-,25-,26-/m0/s1. The predicted octanol–water partition coefficient (Wildman–Crippen LogP) is 9.27. The summed E-state index contributed by atoms with van der Waals surface area (Å²) in [5, 5.41) is 3.33. The van der Waals surface area contributed by atoms with E-state index in [0.717, 1.165) is 72.0 Å². The van der Waals surface area contributed by atoms with Crippen LogP contribution in [0.5, 0.6) is 5.75 Å². The van der Waals surface area contributed by atoms with Crippen molar-refractivity contribution in [3.63, 3.8) is 0 Å². The van der Waals surface area contributed by atoms with Gasteiger partial charge in [-0.05, 0) is 73.7 Å². The lowest BCUT2D eigenvalue weighted by Crippen LogP contribution is -2.46. The minimum absolute atomic E-state index is 0.136. The highest BCUT2D eigenvalue weighted by atomic mass is 32.1. The van der Waals surface area contributed by atoms with Crippen molar-refractivity contribution in [2.24, 2.45) is 11.8 Å². The van der Waals surface area contributed by atoms with E-state index in [2.05, 4.69) is 63.2 Å². The zero-order valence-electron chi connectivity index (χ0n) is 23.6. The van der Waals surface area contributed by atoms with E-state index in [-0.39, 0.29) is 11.4 Å². The molecule has 1 fully saturated rings. The fraction of sp³-hybridized carbons (Fsp3) is 0.306. The number of fused-ring (bicyclic) bond motifs is 10. The van der Waals surface area contributed by atoms with Crippen molar-refractivity contribution < 1.29 is 9.53 Å². The summed E-state index contributed by atoms with van der Waals surface area (Å²) in [7, 11) is 0. The molecule has 0 saturated heterocycles. The summed E-state index contributed by atoms with van der Waals surface area (Å²) in [4.78, 5) is 24.6. The number of nitrogens with zero attached hydrogens (tertiary/aromatic N) is 2. The molecule has 0 amide bonds. The van der Waals surface area contributed by atoms with Gasteiger partial charge in [-0.2, -0.15) is 0 Å². The van der Waals surface area contributed by atoms with Gasteiger partial charge in [-0.1, -0.05) is 61.9 Å². The zero-order valence-corrected chi connectivity index (χ0v) is 24.4. The van der Waals surface area contributed by atoms with Gasteiger partial charge < -0.3 is 4.74 Å². The highest BCUT2D eigenvalue weighted by Crippen LogP contribution is 2.56. The van der Waals surface area contributed by atoms with Crippen molar-refractivity contribution in [3.8, 4) is 5.75 Å². The Kier molecular flexibility index (Phi) is 5.52. The zero-order chi connectivity index (χ0) is 27.9. The summed E-state index contributed by atoms with van der Waals surface area (Å²) in [6.45, 7) is 6.89. The Morgan fingerprint density at radius 1 is 0.927 bits per heavy atom. The average Bonchev–Trinajstić information content (AvgIpc) is 3.41. The van der Waals surface area contributed by atoms with Crippen molar-refractivity contribution in [1.29, 1.82) is 0 Å². The lowest BCUT2D eigenvalue weighted by Gasteiger charge is -2.49. The van der Waals surface area contributed by atoms with Crippen LogP contribution in [0.1, 0.15) is 66.8 Å². The molecule has 1 aliphatic heterocycles. The molecule has 3 heterocycles. The summed E-state index contributed by atoms with van der Waals surface area (Å²) in [6.07, 6.45) is 3.89. The predicted molar refractivity (Wildman–Crippen MR) is 168 cm³/mol. The Morgan fingerprint density at radius 3 is 2.56 bits per heavy atom. The van der Waals surface area contributed by atoms with E-state index in [4.69, 9.17) is 14.7 Å². The second-order valence-electron chi connectivity index (χ2n) is 12.6. The van der Waals surface area contributed by atoms with Gasteiger partial charge in [0.2, 0.25) is 0 Å². The highest BCUT2D eigenvalue weighted by Gasteiger charge is 2.47. The molecule has 1 saturated carbocycles. The van der Waals surface area contributed by atoms with Crippen LogP contribution in [-0.2, 0) is 6.42 Å². The number of Topliss-reactive ketones (excluding diaryl/α,β-unsaturated/α-hetero) is 1. The molecule has 6 aromatic rings. The van der Waals surface area contributed by atoms with Crippen molar-refractivity contribution >= 4 is 60.0 Å². The van der Waals surface area contributed by atoms with E-state index in [9.17, 15) is 4.79 Å². The van der Waals surface area contributed by atoms with Crippen LogP contribution < -0.4 is 4.74 Å². The van der Waals surface area contributed by atoms with E-state index in [0.29, 0.717) is 24.2 Å². The second kappa shape index (κ2) is 9.09. The molecule has 41 heavy (non-hydrogen) atoms. The lowest BCUT2D eigenvalue weighted by molar-refractivity contribution is -0.0115. The van der Waals surface area contributed by atoms with Crippen molar-refractivity contribution in [3.05, 3.63) is 88.8 Å². The van der Waals surface area contributed by atoms with Gasteiger partial charge in [-0.15, -0.1) is 11.3 Å². The molecule has 0 bridgehead atoms. The topological polar surface area (TPSA) is 52.1 Å². The van der Waals surface area contributed by atoms with Crippen molar-refractivity contribution in [2.75, 3.05) is 0 Å². The van der Waals surface area contributed by atoms with Crippen LogP contribution in [0.4, 0.5) is 0 Å². The maximum Gasteiger partial charge on any atom is 0.177 e. The van der Waals surface area contributed by atoms with Gasteiger partial charge in [-0.3, -0.25) is 4.79 Å². The molecular formula is C36H32N2O2S. The number of aromatic nitrogens is 2. The lowest BCUT2D eigenvalue weighted by atomic mass is 9.64. The number of ether oxygens (including phenoxy) is 1. The number of thiophene rings is 1. The molecule has 2 aromatic heterocycles. The third-order valence-electron chi connectivity index (χ3n) is 9.46. The van der Waals surface area contributed by atoms with Crippen LogP contribution in [0.3, 0.4) is 0 Å². The first-order valence-electron chi connectivity index (χ1n) is 14.7. The Balaban J connectivity index is 1.29. The number of hydrogen-bond acceptors (Lipinski definition) is 5. The molecule has 8 rings (SSSR count). The summed E-state index contributed by atoms with van der Waals surface area (Å²) in [5.41, 5.74) is 5.55. The maximum atomic E-state index is 13.3. The minimum Gasteiger partial charge on any atom is -0.487 e. The van der Waals surface area contributed by atoms with Gasteiger partial charge in [0.1, 0.15) is 11.4 Å². The quantitative estimate of drug-likeness (QED) is 0.124. The molecule has 4 nitrogen and oxygen atoms in total. The van der Waals surface area contributed by atoms with E-state index in [1.54, 1.807) is 11.3 Å². The third-order valence-corrected chi connectivity index (χ3v) is 10.6. The third kappa shape index (κ3) is 3.97. The van der Waals surface area contributed by atoms with Crippen LogP contribution in [0, 0.1) is 11.8 Å². The number of rotatable bonds is 3. The Hall–Kier alpha value is -3.83. The molecular weight excluding hydrogens is 524 g/mol. The normalized spacial score (nSPS) is 21.6. The summed E-state index contributed by atoms with van der Waals surface area (Å²) in [6, 6.07) is 24.8. The summed E-state index contributed by atoms with van der Waals surface area (Å²) < 4.78 is 8.04. The second-order valence-corrected chi connectivity index (χ2v) is 13.7. The smallest absolute Gasteiger partial charge is 0.177 e. The van der Waals surface area contributed by atoms with Gasteiger partial charge in [-0.25, -0.2) is 9.97 Å². The van der Waals surface area contributed by atoms with Crippen LogP contribution in [-0.4, -0.2) is 21.4 Å². The molecule has 3 atom stereocenters. The van der Waals surface area contributed by atoms with Gasteiger partial charge in [0, 0.05) is 33.4 Å². The summed E-state index contributed by atoms with van der Waals surface area (Å²) >= 11 is 1.57. The molecule has 0 N–H and O–H groups in total. The van der Waals surface area contributed by atoms with Crippen molar-refractivity contribution in [1.82, 2.24) is 9.97 Å². The molecule has 0 spiro atoms. The molecule has 0 radical (unpaired) electrons. The molecule has 4 aromatic carbocycles. The van der Waals surface area contributed by atoms with Gasteiger partial charge in [0.15, 0.2) is 5.78 Å². The largest absolute Gasteiger partial charge is 0.487 e. The van der Waals surface area contributed by atoms with E-state index < -0.39 is 0 Å². The number of carbonyl (C=O) groups excluding carboxylic acids is 1. The number of carbonyl (C=O) groups is 1. The van der Waals surface area contributed by atoms with Crippen LogP contribution in [0.25, 0.3) is 42.9 Å². The van der Waals surface area contributed by atoms with Crippen LogP contribution >= 0.6 is 11.3 Å². The fourth-order valence-electron chi connectivity index (χ4n) is 7.44. The number of benzene rings is 4. The first kappa shape index (κ1) is 24.9. The van der Waals surface area contributed by atoms with E-state index >= 15 is 0 Å². The number of hydrogen-bond donors (Lipinski definition) is 0. The average molecular weight is 557 g/mol. The maximum absolute atomic E-state index is 13.3. The van der Waals surface area contributed by atoms with Crippen LogP contribution in [0.2, 0.25) is 0 Å². The number of ketones is 1.